The highest BCUT2D eigenvalue weighted by Gasteiger charge is 2.27. The van der Waals surface area contributed by atoms with Gasteiger partial charge in [-0.25, -0.2) is 0 Å². The molecule has 0 aromatic rings. The highest BCUT2D eigenvalue weighted by Crippen LogP contribution is 2.19. The number of piperidine rings is 1. The molecule has 2 saturated heterocycles. The van der Waals surface area contributed by atoms with Gasteiger partial charge in [-0.05, 0) is 39.3 Å². The van der Waals surface area contributed by atoms with Gasteiger partial charge in [-0.2, -0.15) is 0 Å². The smallest absolute Gasteiger partial charge is 0.226 e. The molecule has 3 heteroatoms. The SMILES string of the molecule is CN1CCCC(C(=O)N2CCCCCC2)C1. The molecule has 0 bridgehead atoms. The molecule has 2 heterocycles. The molecule has 0 aliphatic carbocycles. The Morgan fingerprint density at radius 1 is 1.00 bits per heavy atom. The van der Waals surface area contributed by atoms with Crippen LogP contribution in [0.25, 0.3) is 0 Å². The first-order valence-electron chi connectivity index (χ1n) is 6.75. The molecule has 0 saturated carbocycles. The minimum Gasteiger partial charge on any atom is -0.342 e. The van der Waals surface area contributed by atoms with E-state index in [1.165, 1.54) is 32.1 Å². The lowest BCUT2D eigenvalue weighted by Gasteiger charge is -2.32. The van der Waals surface area contributed by atoms with Crippen molar-refractivity contribution >= 4 is 5.91 Å². The van der Waals surface area contributed by atoms with E-state index >= 15 is 0 Å². The van der Waals surface area contributed by atoms with E-state index in [-0.39, 0.29) is 5.92 Å². The van der Waals surface area contributed by atoms with Gasteiger partial charge in [-0.1, -0.05) is 12.8 Å². The summed E-state index contributed by atoms with van der Waals surface area (Å²) < 4.78 is 0. The molecule has 0 N–H and O–H groups in total. The number of nitrogens with zero attached hydrogens (tertiary/aromatic N) is 2. The van der Waals surface area contributed by atoms with Crippen LogP contribution in [0.1, 0.15) is 38.5 Å². The van der Waals surface area contributed by atoms with Gasteiger partial charge < -0.3 is 9.80 Å². The van der Waals surface area contributed by atoms with E-state index in [2.05, 4.69) is 16.8 Å². The van der Waals surface area contributed by atoms with Gasteiger partial charge in [-0.3, -0.25) is 4.79 Å². The fourth-order valence-electron chi connectivity index (χ4n) is 2.92. The lowest BCUT2D eigenvalue weighted by atomic mass is 9.97. The number of hydrogen-bond donors (Lipinski definition) is 0. The maximum Gasteiger partial charge on any atom is 0.226 e. The molecule has 2 fully saturated rings. The molecule has 0 radical (unpaired) electrons. The third-order valence-corrected chi connectivity index (χ3v) is 3.89. The van der Waals surface area contributed by atoms with Crippen LogP contribution in [0.4, 0.5) is 0 Å². The van der Waals surface area contributed by atoms with Gasteiger partial charge >= 0.3 is 0 Å². The van der Waals surface area contributed by atoms with Crippen LogP contribution in [0.15, 0.2) is 0 Å². The summed E-state index contributed by atoms with van der Waals surface area (Å²) in [7, 11) is 2.13. The zero-order chi connectivity index (χ0) is 11.4. The van der Waals surface area contributed by atoms with Crippen LogP contribution in [0.3, 0.4) is 0 Å². The summed E-state index contributed by atoms with van der Waals surface area (Å²) in [5.74, 6) is 0.699. The van der Waals surface area contributed by atoms with Crippen LogP contribution < -0.4 is 0 Å². The van der Waals surface area contributed by atoms with Crippen molar-refractivity contribution in [1.82, 2.24) is 9.80 Å². The number of likely N-dealkylation sites (tertiary alicyclic amines) is 2. The first-order valence-corrected chi connectivity index (χ1v) is 6.75. The summed E-state index contributed by atoms with van der Waals surface area (Å²) in [5.41, 5.74) is 0. The third-order valence-electron chi connectivity index (χ3n) is 3.89. The predicted molar refractivity (Wildman–Crippen MR) is 65.3 cm³/mol. The molecule has 2 rings (SSSR count). The largest absolute Gasteiger partial charge is 0.342 e. The molecule has 1 amide bonds. The molecule has 0 aromatic carbocycles. The number of rotatable bonds is 1. The summed E-state index contributed by atoms with van der Waals surface area (Å²) in [6, 6.07) is 0. The maximum atomic E-state index is 12.4. The van der Waals surface area contributed by atoms with Gasteiger partial charge in [0, 0.05) is 19.6 Å². The van der Waals surface area contributed by atoms with E-state index in [1.54, 1.807) is 0 Å². The van der Waals surface area contributed by atoms with E-state index < -0.39 is 0 Å². The predicted octanol–water partition coefficient (Wildman–Crippen LogP) is 1.73. The number of amides is 1. The van der Waals surface area contributed by atoms with Gasteiger partial charge in [0.25, 0.3) is 0 Å². The van der Waals surface area contributed by atoms with Gasteiger partial charge in [0.15, 0.2) is 0 Å². The quantitative estimate of drug-likeness (QED) is 0.677. The number of carbonyl (C=O) groups is 1. The Balaban J connectivity index is 1.89. The van der Waals surface area contributed by atoms with E-state index in [9.17, 15) is 4.79 Å². The van der Waals surface area contributed by atoms with Gasteiger partial charge in [0.05, 0.1) is 5.92 Å². The first-order chi connectivity index (χ1) is 7.77. The molecular weight excluding hydrogens is 200 g/mol. The average Bonchev–Trinajstić information content (AvgIpc) is 2.56. The molecule has 1 atom stereocenters. The van der Waals surface area contributed by atoms with Crippen LogP contribution >= 0.6 is 0 Å². The monoisotopic (exact) mass is 224 g/mol. The Kier molecular flexibility index (Phi) is 4.22. The summed E-state index contributed by atoms with van der Waals surface area (Å²) in [5, 5.41) is 0. The fourth-order valence-corrected chi connectivity index (χ4v) is 2.92. The molecule has 3 nitrogen and oxygen atoms in total. The van der Waals surface area contributed by atoms with E-state index in [0.717, 1.165) is 32.6 Å². The molecule has 1 unspecified atom stereocenters. The van der Waals surface area contributed by atoms with Crippen LogP contribution in [0.5, 0.6) is 0 Å². The van der Waals surface area contributed by atoms with Crippen molar-refractivity contribution in [3.8, 4) is 0 Å². The minimum absolute atomic E-state index is 0.275. The summed E-state index contributed by atoms with van der Waals surface area (Å²) in [6.07, 6.45) is 7.28. The Bertz CT molecular complexity index is 230. The van der Waals surface area contributed by atoms with Crippen molar-refractivity contribution in [1.29, 1.82) is 0 Å². The third kappa shape index (κ3) is 2.97. The standard InChI is InChI=1S/C13H24N2O/c1-14-8-6-7-12(11-14)13(16)15-9-4-2-3-5-10-15/h12H,2-11H2,1H3. The first kappa shape index (κ1) is 11.9. The van der Waals surface area contributed by atoms with E-state index in [4.69, 9.17) is 0 Å². The zero-order valence-electron chi connectivity index (χ0n) is 10.5. The molecular formula is C13H24N2O. The Hall–Kier alpha value is -0.570. The van der Waals surface area contributed by atoms with Crippen molar-refractivity contribution in [3.63, 3.8) is 0 Å². The molecule has 0 spiro atoms. The fraction of sp³-hybridized carbons (Fsp3) is 0.923. The molecule has 2 aliphatic rings. The Morgan fingerprint density at radius 2 is 1.69 bits per heavy atom. The number of hydrogen-bond acceptors (Lipinski definition) is 2. The topological polar surface area (TPSA) is 23.6 Å². The van der Waals surface area contributed by atoms with Gasteiger partial charge in [0.1, 0.15) is 0 Å². The highest BCUT2D eigenvalue weighted by molar-refractivity contribution is 5.79. The second-order valence-corrected chi connectivity index (χ2v) is 5.34. The maximum absolute atomic E-state index is 12.4. The van der Waals surface area contributed by atoms with Crippen molar-refractivity contribution in [2.24, 2.45) is 5.92 Å². The van der Waals surface area contributed by atoms with Crippen LogP contribution in [0.2, 0.25) is 0 Å². The Labute approximate surface area is 98.8 Å². The second-order valence-electron chi connectivity index (χ2n) is 5.34. The molecule has 16 heavy (non-hydrogen) atoms. The Morgan fingerprint density at radius 3 is 2.31 bits per heavy atom. The van der Waals surface area contributed by atoms with Crippen LogP contribution in [-0.4, -0.2) is 48.9 Å². The molecule has 92 valence electrons. The van der Waals surface area contributed by atoms with Gasteiger partial charge in [0.2, 0.25) is 5.91 Å². The summed E-state index contributed by atoms with van der Waals surface area (Å²) in [4.78, 5) is 16.8. The number of carbonyl (C=O) groups excluding carboxylic acids is 1. The van der Waals surface area contributed by atoms with Gasteiger partial charge in [-0.15, -0.1) is 0 Å². The van der Waals surface area contributed by atoms with E-state index in [1.807, 2.05) is 0 Å². The van der Waals surface area contributed by atoms with Crippen molar-refractivity contribution in [2.75, 3.05) is 33.2 Å². The normalized spacial score (nSPS) is 28.8. The molecule has 0 aromatic heterocycles. The minimum atomic E-state index is 0.275. The van der Waals surface area contributed by atoms with Crippen molar-refractivity contribution in [2.45, 2.75) is 38.5 Å². The van der Waals surface area contributed by atoms with Crippen LogP contribution in [-0.2, 0) is 4.79 Å². The highest BCUT2D eigenvalue weighted by atomic mass is 16.2. The van der Waals surface area contributed by atoms with Crippen molar-refractivity contribution < 1.29 is 4.79 Å². The zero-order valence-corrected chi connectivity index (χ0v) is 10.5. The summed E-state index contributed by atoms with van der Waals surface area (Å²) >= 11 is 0. The lowest BCUT2D eigenvalue weighted by Crippen LogP contribution is -2.43. The van der Waals surface area contributed by atoms with Crippen molar-refractivity contribution in [3.05, 3.63) is 0 Å². The van der Waals surface area contributed by atoms with E-state index in [0.29, 0.717) is 5.91 Å². The average molecular weight is 224 g/mol. The lowest BCUT2D eigenvalue weighted by molar-refractivity contribution is -0.137. The van der Waals surface area contributed by atoms with Crippen LogP contribution in [0, 0.1) is 5.92 Å². The summed E-state index contributed by atoms with van der Waals surface area (Å²) in [6.45, 7) is 4.12. The molecule has 2 aliphatic heterocycles. The second kappa shape index (κ2) is 5.67.